The van der Waals surface area contributed by atoms with Crippen LogP contribution in [0.25, 0.3) is 0 Å². The van der Waals surface area contributed by atoms with E-state index in [9.17, 15) is 4.79 Å². The van der Waals surface area contributed by atoms with Crippen molar-refractivity contribution in [1.82, 2.24) is 15.2 Å². The molecule has 0 fully saturated rings. The van der Waals surface area contributed by atoms with Crippen LogP contribution >= 0.6 is 0 Å². The molecular weight excluding hydrogens is 294 g/mol. The van der Waals surface area contributed by atoms with Crippen molar-refractivity contribution in [1.29, 1.82) is 0 Å². The molecule has 0 radical (unpaired) electrons. The topological polar surface area (TPSA) is 92.3 Å². The normalized spacial score (nSPS) is 10.6. The number of anilines is 1. The van der Waals surface area contributed by atoms with Crippen molar-refractivity contribution in [2.75, 3.05) is 5.43 Å². The highest BCUT2D eigenvalue weighted by Gasteiger charge is 1.98. The molecule has 7 nitrogen and oxygen atoms in total. The summed E-state index contributed by atoms with van der Waals surface area (Å²) in [7, 11) is 0. The molecule has 23 heavy (non-hydrogen) atoms. The summed E-state index contributed by atoms with van der Waals surface area (Å²) in [5, 5.41) is 11.2. The standard InChI is InChI=1S/C16H13N5O2/c22-15-11-18-21-16(19-15)20-17-10-12-5-4-8-14(9-12)23-13-6-2-1-3-7-13/h1-11H,(H2,19,20,21,22)/b17-10+. The average molecular weight is 307 g/mol. The summed E-state index contributed by atoms with van der Waals surface area (Å²) in [5.41, 5.74) is 3.08. The molecule has 0 spiro atoms. The van der Waals surface area contributed by atoms with E-state index in [1.807, 2.05) is 54.6 Å². The number of para-hydroxylation sites is 1. The number of rotatable bonds is 5. The molecule has 0 saturated carbocycles. The number of hydrogen-bond donors (Lipinski definition) is 2. The Labute approximate surface area is 131 Å². The molecule has 0 amide bonds. The van der Waals surface area contributed by atoms with Gasteiger partial charge in [0.2, 0.25) is 5.95 Å². The van der Waals surface area contributed by atoms with Crippen LogP contribution in [-0.4, -0.2) is 21.4 Å². The molecule has 0 aliphatic heterocycles. The Hall–Kier alpha value is -3.48. The van der Waals surface area contributed by atoms with E-state index in [4.69, 9.17) is 4.74 Å². The third kappa shape index (κ3) is 4.24. The number of benzene rings is 2. The van der Waals surface area contributed by atoms with Crippen LogP contribution in [0.4, 0.5) is 5.95 Å². The molecule has 0 aliphatic carbocycles. The average Bonchev–Trinajstić information content (AvgIpc) is 2.56. The van der Waals surface area contributed by atoms with E-state index in [0.29, 0.717) is 5.75 Å². The summed E-state index contributed by atoms with van der Waals surface area (Å²) in [4.78, 5) is 13.5. The van der Waals surface area contributed by atoms with Crippen LogP contribution in [0.1, 0.15) is 5.56 Å². The highest BCUT2D eigenvalue weighted by molar-refractivity contribution is 5.80. The van der Waals surface area contributed by atoms with Crippen LogP contribution in [0.5, 0.6) is 11.5 Å². The minimum absolute atomic E-state index is 0.172. The Bertz CT molecular complexity index is 861. The monoisotopic (exact) mass is 307 g/mol. The molecule has 0 unspecified atom stereocenters. The predicted molar refractivity (Wildman–Crippen MR) is 86.8 cm³/mol. The largest absolute Gasteiger partial charge is 0.457 e. The number of ether oxygens (including phenoxy) is 1. The van der Waals surface area contributed by atoms with Gasteiger partial charge in [-0.3, -0.25) is 9.78 Å². The maximum atomic E-state index is 11.1. The lowest BCUT2D eigenvalue weighted by atomic mass is 10.2. The smallest absolute Gasteiger partial charge is 0.271 e. The van der Waals surface area contributed by atoms with Crippen LogP contribution in [0.3, 0.4) is 0 Å². The van der Waals surface area contributed by atoms with Gasteiger partial charge in [0.05, 0.1) is 6.21 Å². The second kappa shape index (κ2) is 6.99. The lowest BCUT2D eigenvalue weighted by Gasteiger charge is -2.05. The van der Waals surface area contributed by atoms with Gasteiger partial charge in [-0.05, 0) is 29.8 Å². The molecular formula is C16H13N5O2. The Kier molecular flexibility index (Phi) is 4.39. The van der Waals surface area contributed by atoms with E-state index >= 15 is 0 Å². The Morgan fingerprint density at radius 3 is 2.74 bits per heavy atom. The van der Waals surface area contributed by atoms with Crippen molar-refractivity contribution < 1.29 is 4.74 Å². The summed E-state index contributed by atoms with van der Waals surface area (Å²) in [5.74, 6) is 1.63. The minimum Gasteiger partial charge on any atom is -0.457 e. The number of aromatic nitrogens is 3. The van der Waals surface area contributed by atoms with Gasteiger partial charge in [0, 0.05) is 0 Å². The van der Waals surface area contributed by atoms with Crippen molar-refractivity contribution in [3.05, 3.63) is 76.7 Å². The molecule has 0 saturated heterocycles. The zero-order chi connectivity index (χ0) is 15.9. The molecule has 3 rings (SSSR count). The second-order valence-corrected chi connectivity index (χ2v) is 4.54. The Morgan fingerprint density at radius 2 is 1.91 bits per heavy atom. The first-order valence-electron chi connectivity index (χ1n) is 6.84. The third-order valence-corrected chi connectivity index (χ3v) is 2.80. The van der Waals surface area contributed by atoms with Gasteiger partial charge in [0.25, 0.3) is 5.56 Å². The molecule has 1 heterocycles. The predicted octanol–water partition coefficient (Wildman–Crippen LogP) is 2.40. The molecule has 0 bridgehead atoms. The van der Waals surface area contributed by atoms with Crippen molar-refractivity contribution in [3.8, 4) is 11.5 Å². The summed E-state index contributed by atoms with van der Waals surface area (Å²) in [6, 6.07) is 17.0. The van der Waals surface area contributed by atoms with Crippen molar-refractivity contribution in [3.63, 3.8) is 0 Å². The van der Waals surface area contributed by atoms with Crippen molar-refractivity contribution >= 4 is 12.2 Å². The van der Waals surface area contributed by atoms with Gasteiger partial charge >= 0.3 is 0 Å². The van der Waals surface area contributed by atoms with Crippen LogP contribution in [0, 0.1) is 0 Å². The summed E-state index contributed by atoms with van der Waals surface area (Å²) in [6.07, 6.45) is 2.67. The van der Waals surface area contributed by atoms with Crippen LogP contribution in [0.15, 0.2) is 70.7 Å². The van der Waals surface area contributed by atoms with Crippen LogP contribution < -0.4 is 15.7 Å². The molecule has 0 atom stereocenters. The van der Waals surface area contributed by atoms with E-state index in [-0.39, 0.29) is 11.5 Å². The van der Waals surface area contributed by atoms with E-state index in [1.54, 1.807) is 6.21 Å². The fourth-order valence-corrected chi connectivity index (χ4v) is 1.81. The molecule has 1 aromatic heterocycles. The molecule has 7 heteroatoms. The zero-order valence-corrected chi connectivity index (χ0v) is 12.0. The van der Waals surface area contributed by atoms with Gasteiger partial charge in [0.1, 0.15) is 17.7 Å². The van der Waals surface area contributed by atoms with E-state index in [2.05, 4.69) is 25.7 Å². The lowest BCUT2D eigenvalue weighted by Crippen LogP contribution is -2.10. The first kappa shape index (κ1) is 14.5. The number of aromatic amines is 1. The fourth-order valence-electron chi connectivity index (χ4n) is 1.81. The Morgan fingerprint density at radius 1 is 1.09 bits per heavy atom. The van der Waals surface area contributed by atoms with E-state index < -0.39 is 0 Å². The van der Waals surface area contributed by atoms with Crippen molar-refractivity contribution in [2.45, 2.75) is 0 Å². The Balaban J connectivity index is 1.67. The first-order valence-corrected chi connectivity index (χ1v) is 6.84. The lowest BCUT2D eigenvalue weighted by molar-refractivity contribution is 0.482. The van der Waals surface area contributed by atoms with E-state index in [1.165, 1.54) is 0 Å². The maximum absolute atomic E-state index is 11.1. The number of hydrazone groups is 1. The van der Waals surface area contributed by atoms with Crippen LogP contribution in [-0.2, 0) is 0 Å². The molecule has 114 valence electrons. The van der Waals surface area contributed by atoms with Crippen LogP contribution in [0.2, 0.25) is 0 Å². The van der Waals surface area contributed by atoms with Gasteiger partial charge in [0.15, 0.2) is 0 Å². The van der Waals surface area contributed by atoms with Gasteiger partial charge in [-0.15, -0.1) is 10.2 Å². The van der Waals surface area contributed by atoms with Gasteiger partial charge in [-0.25, -0.2) is 5.43 Å². The maximum Gasteiger partial charge on any atom is 0.271 e. The molecule has 0 aliphatic rings. The SMILES string of the molecule is O=c1cnnc(N/N=C/c2cccc(Oc3ccccc3)c2)[nH]1. The zero-order valence-electron chi connectivity index (χ0n) is 12.0. The quantitative estimate of drug-likeness (QED) is 0.558. The third-order valence-electron chi connectivity index (χ3n) is 2.80. The second-order valence-electron chi connectivity index (χ2n) is 4.54. The van der Waals surface area contributed by atoms with Gasteiger partial charge < -0.3 is 4.74 Å². The summed E-state index contributed by atoms with van der Waals surface area (Å²) < 4.78 is 5.75. The molecule has 2 N–H and O–H groups in total. The summed E-state index contributed by atoms with van der Waals surface area (Å²) >= 11 is 0. The highest BCUT2D eigenvalue weighted by Crippen LogP contribution is 2.21. The molecule has 2 aromatic carbocycles. The van der Waals surface area contributed by atoms with E-state index in [0.717, 1.165) is 17.5 Å². The summed E-state index contributed by atoms with van der Waals surface area (Å²) in [6.45, 7) is 0. The molecule has 3 aromatic rings. The fraction of sp³-hybridized carbons (Fsp3) is 0. The highest BCUT2D eigenvalue weighted by atomic mass is 16.5. The van der Waals surface area contributed by atoms with Gasteiger partial charge in [-0.2, -0.15) is 5.10 Å². The van der Waals surface area contributed by atoms with Gasteiger partial charge in [-0.1, -0.05) is 30.3 Å². The number of nitrogens with one attached hydrogen (secondary N) is 2. The number of nitrogens with zero attached hydrogens (tertiary/aromatic N) is 3. The first-order chi connectivity index (χ1) is 11.3. The minimum atomic E-state index is -0.351. The number of H-pyrrole nitrogens is 1. The van der Waals surface area contributed by atoms with Crippen molar-refractivity contribution in [2.24, 2.45) is 5.10 Å². The number of hydrogen-bond acceptors (Lipinski definition) is 6.